The van der Waals surface area contributed by atoms with Crippen molar-refractivity contribution in [3.63, 3.8) is 0 Å². The molecule has 0 radical (unpaired) electrons. The zero-order valence-corrected chi connectivity index (χ0v) is 17.1. The van der Waals surface area contributed by atoms with Crippen molar-refractivity contribution in [3.8, 4) is 0 Å². The van der Waals surface area contributed by atoms with Gasteiger partial charge in [0, 0.05) is 0 Å². The average molecular weight is 406 g/mol. The van der Waals surface area contributed by atoms with E-state index in [2.05, 4.69) is 100 Å². The molecule has 0 amide bonds. The van der Waals surface area contributed by atoms with Crippen molar-refractivity contribution in [1.82, 2.24) is 0 Å². The van der Waals surface area contributed by atoms with Crippen LogP contribution in [0.25, 0.3) is 0 Å². The topological polar surface area (TPSA) is 0 Å². The summed E-state index contributed by atoms with van der Waals surface area (Å²) in [6.45, 7) is 21.1. The van der Waals surface area contributed by atoms with Crippen molar-refractivity contribution in [2.45, 2.75) is 65.2 Å². The van der Waals surface area contributed by atoms with Gasteiger partial charge in [-0.2, -0.15) is 6.66 Å². The summed E-state index contributed by atoms with van der Waals surface area (Å²) in [5, 5.41) is 1.94. The fourth-order valence-electron chi connectivity index (χ4n) is 2.79. The summed E-state index contributed by atoms with van der Waals surface area (Å²) in [4.78, 5) is 0. The molecule has 0 spiro atoms. The van der Waals surface area contributed by atoms with E-state index in [1.807, 2.05) is 0 Å². The Bertz CT molecular complexity index is 402. The Hall–Kier alpha value is 0.602. The van der Waals surface area contributed by atoms with E-state index in [9.17, 15) is 0 Å². The molecule has 0 unspecified atom stereocenters. The van der Waals surface area contributed by atoms with E-state index in [0.29, 0.717) is 0 Å². The molecule has 0 N–H and O–H groups in total. The zero-order valence-electron chi connectivity index (χ0n) is 13.9. The van der Waals surface area contributed by atoms with Gasteiger partial charge in [0.15, 0.2) is 0 Å². The summed E-state index contributed by atoms with van der Waals surface area (Å²) < 4.78 is 0. The molecule has 0 aromatic heterocycles. The second-order valence-electron chi connectivity index (χ2n) is 7.17. The number of benzene rings is 1. The Morgan fingerprint density at radius 2 is 1.50 bits per heavy atom. The van der Waals surface area contributed by atoms with Crippen LogP contribution in [0.1, 0.15) is 54.0 Å². The number of aryl methyl sites for hydroxylation is 1. The van der Waals surface area contributed by atoms with E-state index in [1.165, 1.54) is 10.9 Å². The summed E-state index contributed by atoms with van der Waals surface area (Å²) in [6.07, 6.45) is 1.10. The SMILES string of the molecule is [CH2-][P+](c1cccc(CC)c1)(C(C)(C)C)C(C)(C)C.[Cl][Pd+]. The Labute approximate surface area is 141 Å². The summed E-state index contributed by atoms with van der Waals surface area (Å²) in [5.74, 6) is 0. The monoisotopic (exact) mass is 405 g/mol. The van der Waals surface area contributed by atoms with E-state index in [-0.39, 0.29) is 10.3 Å². The van der Waals surface area contributed by atoms with Gasteiger partial charge in [-0.05, 0) is 65.7 Å². The van der Waals surface area contributed by atoms with Crippen molar-refractivity contribution in [1.29, 1.82) is 0 Å². The van der Waals surface area contributed by atoms with Crippen LogP contribution in [0.5, 0.6) is 0 Å². The molecule has 0 heterocycles. The minimum absolute atomic E-state index is 0.234. The van der Waals surface area contributed by atoms with Gasteiger partial charge in [-0.15, -0.1) is 0 Å². The second-order valence-corrected chi connectivity index (χ2v) is 12.0. The Morgan fingerprint density at radius 3 is 1.85 bits per heavy atom. The molecule has 118 valence electrons. The third kappa shape index (κ3) is 4.30. The first-order chi connectivity index (χ1) is 9.04. The number of halogens is 1. The van der Waals surface area contributed by atoms with Crippen LogP contribution in [-0.4, -0.2) is 10.3 Å². The Balaban J connectivity index is 0.00000172. The maximum atomic E-state index is 4.77. The molecule has 0 atom stereocenters. The predicted octanol–water partition coefficient (Wildman–Crippen LogP) is 5.97. The fourth-order valence-corrected chi connectivity index (χ4v) is 7.08. The van der Waals surface area contributed by atoms with Gasteiger partial charge in [-0.1, -0.05) is 26.3 Å². The molecule has 0 bridgehead atoms. The van der Waals surface area contributed by atoms with E-state index in [0.717, 1.165) is 6.42 Å². The van der Waals surface area contributed by atoms with Gasteiger partial charge >= 0.3 is 27.7 Å². The standard InChI is InChI=1S/C17H29P.ClH.Pd/c1-9-14-11-10-12-15(13-14)18(8,16(2,3)4)17(5,6)7;;/h10-13H,8-9H2,1-7H3;1H;/q;;+2/p-1. The first-order valence-electron chi connectivity index (χ1n) is 6.99. The van der Waals surface area contributed by atoms with Crippen LogP contribution in [0, 0.1) is 6.66 Å². The van der Waals surface area contributed by atoms with Gasteiger partial charge in [0.05, 0.1) is 15.6 Å². The molecule has 1 aromatic carbocycles. The molecule has 3 heteroatoms. The number of hydrogen-bond donors (Lipinski definition) is 0. The predicted molar refractivity (Wildman–Crippen MR) is 93.1 cm³/mol. The van der Waals surface area contributed by atoms with Crippen LogP contribution in [0.2, 0.25) is 0 Å². The van der Waals surface area contributed by atoms with Crippen LogP contribution in [-0.2, 0) is 24.6 Å². The van der Waals surface area contributed by atoms with Crippen molar-refractivity contribution in [2.24, 2.45) is 0 Å². The first-order valence-corrected chi connectivity index (χ1v) is 11.0. The summed E-state index contributed by atoms with van der Waals surface area (Å²) in [6, 6.07) is 9.10. The summed E-state index contributed by atoms with van der Waals surface area (Å²) >= 11 is 2.22. The van der Waals surface area contributed by atoms with Crippen LogP contribution >= 0.6 is 16.8 Å². The second kappa shape index (κ2) is 7.74. The van der Waals surface area contributed by atoms with Gasteiger partial charge in [0.2, 0.25) is 0 Å². The van der Waals surface area contributed by atoms with Crippen molar-refractivity contribution in [2.75, 3.05) is 0 Å². The first kappa shape index (κ1) is 20.6. The van der Waals surface area contributed by atoms with Crippen LogP contribution in [0.4, 0.5) is 0 Å². The molecule has 0 aliphatic carbocycles. The zero-order chi connectivity index (χ0) is 16.2. The Kier molecular flexibility index (Phi) is 7.97. The molecular formula is C17H29ClPPd+. The van der Waals surface area contributed by atoms with Crippen LogP contribution in [0.15, 0.2) is 24.3 Å². The van der Waals surface area contributed by atoms with Crippen LogP contribution < -0.4 is 5.30 Å². The Morgan fingerprint density at radius 1 is 1.05 bits per heavy atom. The van der Waals surface area contributed by atoms with E-state index < -0.39 is 7.26 Å². The van der Waals surface area contributed by atoms with E-state index in [1.54, 1.807) is 0 Å². The van der Waals surface area contributed by atoms with Crippen LogP contribution in [0.3, 0.4) is 0 Å². The molecule has 0 saturated heterocycles. The molecule has 20 heavy (non-hydrogen) atoms. The van der Waals surface area contributed by atoms with Crippen molar-refractivity contribution in [3.05, 3.63) is 36.5 Å². The number of hydrogen-bond acceptors (Lipinski definition) is 0. The van der Waals surface area contributed by atoms with Crippen molar-refractivity contribution < 1.29 is 18.2 Å². The van der Waals surface area contributed by atoms with E-state index >= 15 is 0 Å². The third-order valence-corrected chi connectivity index (χ3v) is 9.79. The van der Waals surface area contributed by atoms with Gasteiger partial charge in [0.1, 0.15) is 0 Å². The van der Waals surface area contributed by atoms with Crippen molar-refractivity contribution >= 4 is 22.1 Å². The van der Waals surface area contributed by atoms with E-state index in [4.69, 9.17) is 6.66 Å². The molecule has 1 rings (SSSR count). The van der Waals surface area contributed by atoms with Gasteiger partial charge in [-0.25, -0.2) is 0 Å². The molecular weight excluding hydrogens is 377 g/mol. The summed E-state index contributed by atoms with van der Waals surface area (Å²) in [7, 11) is 3.01. The minimum atomic E-state index is -1.48. The molecule has 0 saturated carbocycles. The third-order valence-electron chi connectivity index (χ3n) is 4.05. The fraction of sp³-hybridized carbons (Fsp3) is 0.588. The van der Waals surface area contributed by atoms with Gasteiger partial charge < -0.3 is 0 Å². The van der Waals surface area contributed by atoms with Gasteiger partial charge in [0.25, 0.3) is 0 Å². The normalized spacial score (nSPS) is 12.8. The molecule has 0 aliphatic heterocycles. The molecule has 0 fully saturated rings. The number of rotatable bonds is 2. The van der Waals surface area contributed by atoms with Gasteiger partial charge in [-0.3, -0.25) is 0 Å². The molecule has 1 aromatic rings. The summed E-state index contributed by atoms with van der Waals surface area (Å²) in [5.41, 5.74) is 1.43. The average Bonchev–Trinajstić information content (AvgIpc) is 2.37. The quantitative estimate of drug-likeness (QED) is 0.323. The maximum absolute atomic E-state index is 4.77. The molecule has 0 aliphatic rings. The molecule has 0 nitrogen and oxygen atoms in total.